The highest BCUT2D eigenvalue weighted by Gasteiger charge is 2.29. The van der Waals surface area contributed by atoms with Crippen molar-refractivity contribution in [1.82, 2.24) is 5.32 Å². The lowest BCUT2D eigenvalue weighted by molar-refractivity contribution is -0.121. The predicted octanol–water partition coefficient (Wildman–Crippen LogP) is 3.64. The van der Waals surface area contributed by atoms with Gasteiger partial charge in [-0.05, 0) is 48.6 Å². The van der Waals surface area contributed by atoms with E-state index in [2.05, 4.69) is 26.1 Å². The van der Waals surface area contributed by atoms with E-state index in [0.29, 0.717) is 5.69 Å². The summed E-state index contributed by atoms with van der Waals surface area (Å²) in [5.74, 6) is 0.402. The lowest BCUT2D eigenvalue weighted by atomic mass is 9.86. The third kappa shape index (κ3) is 6.23. The second kappa shape index (κ2) is 9.51. The Labute approximate surface area is 180 Å². The minimum Gasteiger partial charge on any atom is -0.491 e. The van der Waals surface area contributed by atoms with E-state index in [1.54, 1.807) is 25.1 Å². The Kier molecular flexibility index (Phi) is 7.53. The highest BCUT2D eigenvalue weighted by atomic mass is 32.2. The zero-order valence-electron chi connectivity index (χ0n) is 18.6. The summed E-state index contributed by atoms with van der Waals surface area (Å²) in [7, 11) is -3.63. The van der Waals surface area contributed by atoms with Crippen molar-refractivity contribution in [2.24, 2.45) is 0 Å². The molecular weight excluding hydrogens is 400 g/mol. The summed E-state index contributed by atoms with van der Waals surface area (Å²) >= 11 is 0. The van der Waals surface area contributed by atoms with Crippen LogP contribution in [0.25, 0.3) is 0 Å². The van der Waals surface area contributed by atoms with Gasteiger partial charge < -0.3 is 10.1 Å². The Morgan fingerprint density at radius 3 is 2.40 bits per heavy atom. The molecule has 0 bridgehead atoms. The molecule has 2 aromatic rings. The Bertz CT molecular complexity index is 981. The molecule has 2 aromatic carbocycles. The van der Waals surface area contributed by atoms with Gasteiger partial charge in [-0.2, -0.15) is 0 Å². The maximum absolute atomic E-state index is 12.7. The summed E-state index contributed by atoms with van der Waals surface area (Å²) in [5, 5.41) is 2.78. The van der Waals surface area contributed by atoms with Crippen LogP contribution >= 0.6 is 0 Å². The number of rotatable bonds is 8. The fraction of sp³-hybridized carbons (Fsp3) is 0.435. The zero-order valence-corrected chi connectivity index (χ0v) is 19.4. The van der Waals surface area contributed by atoms with Gasteiger partial charge in [-0.15, -0.1) is 0 Å². The molecule has 1 N–H and O–H groups in total. The van der Waals surface area contributed by atoms with Gasteiger partial charge in [-0.1, -0.05) is 51.1 Å². The fourth-order valence-corrected chi connectivity index (χ4v) is 4.44. The number of amides is 1. The van der Waals surface area contributed by atoms with Gasteiger partial charge >= 0.3 is 0 Å². The van der Waals surface area contributed by atoms with Crippen molar-refractivity contribution >= 4 is 21.6 Å². The average Bonchev–Trinajstić information content (AvgIpc) is 2.63. The number of carbonyl (C=O) groups is 1. The predicted molar refractivity (Wildman–Crippen MR) is 122 cm³/mol. The first-order valence-corrected chi connectivity index (χ1v) is 11.8. The van der Waals surface area contributed by atoms with Crippen LogP contribution in [-0.4, -0.2) is 39.8 Å². The molecule has 7 heteroatoms. The van der Waals surface area contributed by atoms with Crippen LogP contribution in [0, 0.1) is 6.92 Å². The molecule has 0 saturated carbocycles. The van der Waals surface area contributed by atoms with Crippen LogP contribution < -0.4 is 14.4 Å². The third-order valence-electron chi connectivity index (χ3n) is 4.70. The third-order valence-corrected chi connectivity index (χ3v) is 5.94. The number of hydrogen-bond donors (Lipinski definition) is 1. The number of nitrogens with one attached hydrogen (secondary N) is 1. The highest BCUT2D eigenvalue weighted by molar-refractivity contribution is 7.92. The Hall–Kier alpha value is -2.54. The molecule has 1 atom stereocenters. The van der Waals surface area contributed by atoms with Crippen LogP contribution in [0.5, 0.6) is 5.75 Å². The van der Waals surface area contributed by atoms with E-state index in [4.69, 9.17) is 4.74 Å². The van der Waals surface area contributed by atoms with Crippen LogP contribution in [0.2, 0.25) is 0 Å². The minimum absolute atomic E-state index is 0.0574. The van der Waals surface area contributed by atoms with Crippen LogP contribution in [0.4, 0.5) is 5.69 Å². The van der Waals surface area contributed by atoms with Crippen LogP contribution in [-0.2, 0) is 20.2 Å². The van der Waals surface area contributed by atoms with Crippen LogP contribution in [0.3, 0.4) is 0 Å². The molecule has 6 nitrogen and oxygen atoms in total. The van der Waals surface area contributed by atoms with Gasteiger partial charge in [0, 0.05) is 0 Å². The lowest BCUT2D eigenvalue weighted by Gasteiger charge is -2.28. The summed E-state index contributed by atoms with van der Waals surface area (Å²) in [5.41, 5.74) is 2.42. The van der Waals surface area contributed by atoms with E-state index < -0.39 is 16.1 Å². The molecule has 1 amide bonds. The number of carbonyl (C=O) groups excluding carboxylic acids is 1. The van der Waals surface area contributed by atoms with Crippen molar-refractivity contribution in [2.45, 2.75) is 46.1 Å². The molecule has 0 fully saturated rings. The van der Waals surface area contributed by atoms with Gasteiger partial charge in [0.05, 0.1) is 18.5 Å². The standard InChI is InChI=1S/C23H32N2O4S/c1-17-10-9-11-19(16-17)25(30(6,27)28)18(2)22(26)24-14-15-29-21-13-8-7-12-20(21)23(3,4)5/h7-13,16,18H,14-15H2,1-6H3,(H,24,26). The number of benzene rings is 2. The van der Waals surface area contributed by atoms with Gasteiger partial charge in [-0.25, -0.2) is 8.42 Å². The molecule has 2 rings (SSSR count). The van der Waals surface area contributed by atoms with Crippen molar-refractivity contribution in [3.05, 3.63) is 59.7 Å². The quantitative estimate of drug-likeness (QED) is 0.646. The van der Waals surface area contributed by atoms with E-state index >= 15 is 0 Å². The molecule has 0 heterocycles. The van der Waals surface area contributed by atoms with Gasteiger partial charge in [0.25, 0.3) is 0 Å². The molecule has 0 radical (unpaired) electrons. The summed E-state index contributed by atoms with van der Waals surface area (Å²) in [6.45, 7) is 10.4. The molecule has 1 unspecified atom stereocenters. The number of ether oxygens (including phenoxy) is 1. The van der Waals surface area contributed by atoms with Gasteiger partial charge in [0.15, 0.2) is 0 Å². The van der Waals surface area contributed by atoms with Crippen LogP contribution in [0.1, 0.15) is 38.8 Å². The largest absolute Gasteiger partial charge is 0.491 e. The topological polar surface area (TPSA) is 75.7 Å². The lowest BCUT2D eigenvalue weighted by Crippen LogP contribution is -2.48. The zero-order chi connectivity index (χ0) is 22.5. The number of nitrogens with zero attached hydrogens (tertiary/aromatic N) is 1. The number of aryl methyl sites for hydroxylation is 1. The summed E-state index contributed by atoms with van der Waals surface area (Å²) < 4.78 is 31.7. The van der Waals surface area contributed by atoms with Crippen molar-refractivity contribution in [3.63, 3.8) is 0 Å². The Morgan fingerprint density at radius 1 is 1.13 bits per heavy atom. The summed E-state index contributed by atoms with van der Waals surface area (Å²) in [6.07, 6.45) is 1.10. The van der Waals surface area contributed by atoms with E-state index in [-0.39, 0.29) is 24.5 Å². The Morgan fingerprint density at radius 2 is 1.80 bits per heavy atom. The van der Waals surface area contributed by atoms with Crippen molar-refractivity contribution in [2.75, 3.05) is 23.7 Å². The highest BCUT2D eigenvalue weighted by Crippen LogP contribution is 2.30. The monoisotopic (exact) mass is 432 g/mol. The van der Waals surface area contributed by atoms with Crippen molar-refractivity contribution < 1.29 is 17.9 Å². The molecule has 30 heavy (non-hydrogen) atoms. The van der Waals surface area contributed by atoms with E-state index in [1.165, 1.54) is 0 Å². The van der Waals surface area contributed by atoms with E-state index in [9.17, 15) is 13.2 Å². The number of hydrogen-bond acceptors (Lipinski definition) is 4. The van der Waals surface area contributed by atoms with E-state index in [0.717, 1.165) is 27.4 Å². The molecule has 0 saturated heterocycles. The Balaban J connectivity index is 2.02. The second-order valence-electron chi connectivity index (χ2n) is 8.46. The molecule has 0 aliphatic heterocycles. The first kappa shape index (κ1) is 23.7. The number of sulfonamides is 1. The summed E-state index contributed by atoms with van der Waals surface area (Å²) in [6, 6.07) is 14.0. The fourth-order valence-electron chi connectivity index (χ4n) is 3.27. The van der Waals surface area contributed by atoms with Gasteiger partial charge in [0.2, 0.25) is 15.9 Å². The molecule has 164 valence electrons. The number of anilines is 1. The summed E-state index contributed by atoms with van der Waals surface area (Å²) in [4.78, 5) is 12.7. The minimum atomic E-state index is -3.63. The van der Waals surface area contributed by atoms with Gasteiger partial charge in [0.1, 0.15) is 18.4 Å². The molecular formula is C23H32N2O4S. The second-order valence-corrected chi connectivity index (χ2v) is 10.3. The SMILES string of the molecule is Cc1cccc(N(C(C)C(=O)NCCOc2ccccc2C(C)(C)C)S(C)(=O)=O)c1. The van der Waals surface area contributed by atoms with Crippen molar-refractivity contribution in [1.29, 1.82) is 0 Å². The van der Waals surface area contributed by atoms with Gasteiger partial charge in [-0.3, -0.25) is 9.10 Å². The first-order chi connectivity index (χ1) is 13.9. The average molecular weight is 433 g/mol. The number of para-hydroxylation sites is 1. The van der Waals surface area contributed by atoms with Crippen molar-refractivity contribution in [3.8, 4) is 5.75 Å². The molecule has 0 aliphatic rings. The maximum Gasteiger partial charge on any atom is 0.243 e. The molecule has 0 spiro atoms. The smallest absolute Gasteiger partial charge is 0.243 e. The molecule has 0 aromatic heterocycles. The maximum atomic E-state index is 12.7. The normalized spacial score (nSPS) is 12.9. The molecule has 0 aliphatic carbocycles. The first-order valence-electron chi connectivity index (χ1n) is 9.97. The van der Waals surface area contributed by atoms with E-state index in [1.807, 2.05) is 37.3 Å². The van der Waals surface area contributed by atoms with Crippen LogP contribution in [0.15, 0.2) is 48.5 Å².